The standard InChI is InChI=1S/C20H18N4O2/c1-12(19(25)23-9-8-15-16(10-23)22-11-21-15)24-17-7-3-5-13-4-2-6-14(18(13)17)20(24)26/h2-7,11-12H,8-10H2,1H3,(H,21,22). The van der Waals surface area contributed by atoms with Crippen molar-refractivity contribution in [3.8, 4) is 0 Å². The minimum atomic E-state index is -0.551. The molecule has 0 saturated heterocycles. The average molecular weight is 346 g/mol. The highest BCUT2D eigenvalue weighted by atomic mass is 16.2. The number of hydrogen-bond acceptors (Lipinski definition) is 3. The minimum Gasteiger partial charge on any atom is -0.347 e. The first-order chi connectivity index (χ1) is 12.6. The van der Waals surface area contributed by atoms with E-state index in [0.717, 1.165) is 34.3 Å². The maximum Gasteiger partial charge on any atom is 0.259 e. The van der Waals surface area contributed by atoms with Crippen LogP contribution in [0.3, 0.4) is 0 Å². The lowest BCUT2D eigenvalue weighted by molar-refractivity contribution is -0.133. The van der Waals surface area contributed by atoms with Crippen LogP contribution in [0, 0.1) is 0 Å². The summed E-state index contributed by atoms with van der Waals surface area (Å²) in [6.45, 7) is 2.95. The molecule has 2 aliphatic heterocycles. The van der Waals surface area contributed by atoms with E-state index in [-0.39, 0.29) is 11.8 Å². The molecule has 3 heterocycles. The zero-order chi connectivity index (χ0) is 17.8. The first-order valence-corrected chi connectivity index (χ1v) is 8.80. The van der Waals surface area contributed by atoms with Crippen molar-refractivity contribution in [2.75, 3.05) is 11.4 Å². The van der Waals surface area contributed by atoms with Crippen LogP contribution in [-0.4, -0.2) is 39.3 Å². The minimum absolute atomic E-state index is 0.0385. The first kappa shape index (κ1) is 15.1. The predicted molar refractivity (Wildman–Crippen MR) is 97.9 cm³/mol. The zero-order valence-corrected chi connectivity index (χ0v) is 14.4. The summed E-state index contributed by atoms with van der Waals surface area (Å²) in [5.41, 5.74) is 3.50. The molecule has 5 rings (SSSR count). The van der Waals surface area contributed by atoms with Gasteiger partial charge in [0.25, 0.3) is 5.91 Å². The molecule has 2 aliphatic rings. The fourth-order valence-electron chi connectivity index (χ4n) is 4.10. The summed E-state index contributed by atoms with van der Waals surface area (Å²) in [5.74, 6) is -0.139. The van der Waals surface area contributed by atoms with Crippen molar-refractivity contribution in [2.45, 2.75) is 25.9 Å². The number of amides is 2. The summed E-state index contributed by atoms with van der Waals surface area (Å²) in [6, 6.07) is 11.0. The van der Waals surface area contributed by atoms with Gasteiger partial charge in [0.05, 0.1) is 29.9 Å². The number of hydrogen-bond donors (Lipinski definition) is 1. The van der Waals surface area contributed by atoms with Crippen molar-refractivity contribution in [2.24, 2.45) is 0 Å². The van der Waals surface area contributed by atoms with Gasteiger partial charge in [-0.1, -0.05) is 24.3 Å². The Bertz CT molecular complexity index is 1050. The quantitative estimate of drug-likeness (QED) is 0.775. The SMILES string of the molecule is CC(C(=O)N1CCc2nc[nH]c2C1)N1C(=O)c2cccc3cccc1c23. The number of H-pyrrole nitrogens is 1. The molecule has 1 N–H and O–H groups in total. The number of nitrogens with one attached hydrogen (secondary N) is 1. The molecule has 0 spiro atoms. The Morgan fingerprint density at radius 3 is 2.88 bits per heavy atom. The number of carbonyl (C=O) groups is 2. The molecule has 26 heavy (non-hydrogen) atoms. The smallest absolute Gasteiger partial charge is 0.259 e. The Labute approximate surface area is 150 Å². The molecule has 1 unspecified atom stereocenters. The van der Waals surface area contributed by atoms with Gasteiger partial charge in [0.1, 0.15) is 6.04 Å². The molecule has 130 valence electrons. The summed E-state index contributed by atoms with van der Waals surface area (Å²) < 4.78 is 0. The van der Waals surface area contributed by atoms with Gasteiger partial charge in [0.15, 0.2) is 0 Å². The van der Waals surface area contributed by atoms with Crippen LogP contribution >= 0.6 is 0 Å². The van der Waals surface area contributed by atoms with E-state index in [9.17, 15) is 9.59 Å². The van der Waals surface area contributed by atoms with E-state index < -0.39 is 6.04 Å². The third kappa shape index (κ3) is 2.02. The summed E-state index contributed by atoms with van der Waals surface area (Å²) in [4.78, 5) is 37.0. The second-order valence-electron chi connectivity index (χ2n) is 6.87. The maximum atomic E-state index is 13.1. The Morgan fingerprint density at radius 1 is 1.23 bits per heavy atom. The van der Waals surface area contributed by atoms with E-state index in [0.29, 0.717) is 18.7 Å². The number of carbonyl (C=O) groups excluding carboxylic acids is 2. The number of benzene rings is 2. The Balaban J connectivity index is 1.48. The van der Waals surface area contributed by atoms with Gasteiger partial charge in [-0.05, 0) is 24.4 Å². The van der Waals surface area contributed by atoms with Crippen LogP contribution in [0.15, 0.2) is 42.7 Å². The lowest BCUT2D eigenvalue weighted by Gasteiger charge is -2.32. The highest BCUT2D eigenvalue weighted by Gasteiger charge is 2.38. The van der Waals surface area contributed by atoms with Gasteiger partial charge in [0.2, 0.25) is 5.91 Å². The number of anilines is 1. The highest BCUT2D eigenvalue weighted by molar-refractivity contribution is 6.26. The number of rotatable bonds is 2. The van der Waals surface area contributed by atoms with Crippen LogP contribution in [-0.2, 0) is 17.8 Å². The van der Waals surface area contributed by atoms with Gasteiger partial charge in [-0.25, -0.2) is 4.98 Å². The average Bonchev–Trinajstić information content (AvgIpc) is 3.25. The summed E-state index contributed by atoms with van der Waals surface area (Å²) in [6.07, 6.45) is 2.41. The van der Waals surface area contributed by atoms with E-state index in [2.05, 4.69) is 9.97 Å². The van der Waals surface area contributed by atoms with E-state index in [1.807, 2.05) is 48.2 Å². The van der Waals surface area contributed by atoms with Crippen LogP contribution in [0.2, 0.25) is 0 Å². The number of aromatic nitrogens is 2. The monoisotopic (exact) mass is 346 g/mol. The van der Waals surface area contributed by atoms with Crippen molar-refractivity contribution >= 4 is 28.3 Å². The molecule has 1 aromatic heterocycles. The Morgan fingerprint density at radius 2 is 2.04 bits per heavy atom. The van der Waals surface area contributed by atoms with Crippen LogP contribution < -0.4 is 4.90 Å². The normalized spacial score (nSPS) is 16.9. The highest BCUT2D eigenvalue weighted by Crippen LogP contribution is 2.38. The van der Waals surface area contributed by atoms with Gasteiger partial charge in [-0.15, -0.1) is 0 Å². The predicted octanol–water partition coefficient (Wildman–Crippen LogP) is 2.50. The number of imidazole rings is 1. The van der Waals surface area contributed by atoms with Crippen molar-refractivity contribution in [3.63, 3.8) is 0 Å². The fraction of sp³-hybridized carbons (Fsp3) is 0.250. The largest absolute Gasteiger partial charge is 0.347 e. The second-order valence-corrected chi connectivity index (χ2v) is 6.87. The van der Waals surface area contributed by atoms with Gasteiger partial charge in [0, 0.05) is 23.9 Å². The van der Waals surface area contributed by atoms with Crippen LogP contribution in [0.5, 0.6) is 0 Å². The molecular weight excluding hydrogens is 328 g/mol. The first-order valence-electron chi connectivity index (χ1n) is 8.80. The number of nitrogens with zero attached hydrogens (tertiary/aromatic N) is 3. The zero-order valence-electron chi connectivity index (χ0n) is 14.4. The van der Waals surface area contributed by atoms with E-state index in [1.165, 1.54) is 0 Å². The summed E-state index contributed by atoms with van der Waals surface area (Å²) in [5, 5.41) is 1.96. The molecule has 0 radical (unpaired) electrons. The van der Waals surface area contributed by atoms with Gasteiger partial charge < -0.3 is 9.88 Å². The Hall–Kier alpha value is -3.15. The molecular formula is C20H18N4O2. The molecule has 3 aromatic rings. The second kappa shape index (κ2) is 5.42. The molecule has 1 atom stereocenters. The maximum absolute atomic E-state index is 13.1. The van der Waals surface area contributed by atoms with Gasteiger partial charge in [-0.2, -0.15) is 0 Å². The van der Waals surface area contributed by atoms with Crippen molar-refractivity contribution < 1.29 is 9.59 Å². The molecule has 0 aliphatic carbocycles. The molecule has 0 bridgehead atoms. The molecule has 6 nitrogen and oxygen atoms in total. The summed E-state index contributed by atoms with van der Waals surface area (Å²) in [7, 11) is 0. The lowest BCUT2D eigenvalue weighted by atomic mass is 10.1. The number of aromatic amines is 1. The van der Waals surface area contributed by atoms with E-state index in [1.54, 1.807) is 11.2 Å². The molecule has 6 heteroatoms. The van der Waals surface area contributed by atoms with Crippen molar-refractivity contribution in [1.82, 2.24) is 14.9 Å². The van der Waals surface area contributed by atoms with E-state index >= 15 is 0 Å². The molecule has 2 aromatic carbocycles. The number of fused-ring (bicyclic) bond motifs is 1. The Kier molecular flexibility index (Phi) is 3.16. The third-order valence-electron chi connectivity index (χ3n) is 5.42. The van der Waals surface area contributed by atoms with Crippen LogP contribution in [0.4, 0.5) is 5.69 Å². The van der Waals surface area contributed by atoms with Crippen LogP contribution in [0.25, 0.3) is 10.8 Å². The van der Waals surface area contributed by atoms with Gasteiger partial charge >= 0.3 is 0 Å². The van der Waals surface area contributed by atoms with E-state index in [4.69, 9.17) is 0 Å². The molecule has 0 saturated carbocycles. The molecule has 2 amide bonds. The fourth-order valence-corrected chi connectivity index (χ4v) is 4.10. The van der Waals surface area contributed by atoms with Crippen molar-refractivity contribution in [3.05, 3.63) is 59.7 Å². The third-order valence-corrected chi connectivity index (χ3v) is 5.42. The van der Waals surface area contributed by atoms with Gasteiger partial charge in [-0.3, -0.25) is 14.5 Å². The summed E-state index contributed by atoms with van der Waals surface area (Å²) >= 11 is 0. The molecule has 0 fully saturated rings. The van der Waals surface area contributed by atoms with Crippen LogP contribution in [0.1, 0.15) is 28.7 Å². The topological polar surface area (TPSA) is 69.3 Å². The lowest BCUT2D eigenvalue weighted by Crippen LogP contribution is -2.49. The van der Waals surface area contributed by atoms with Crippen molar-refractivity contribution in [1.29, 1.82) is 0 Å².